The third-order valence-electron chi connectivity index (χ3n) is 4.93. The van der Waals surface area contributed by atoms with Crippen molar-refractivity contribution in [1.82, 2.24) is 10.2 Å². The number of ether oxygens (including phenoxy) is 3. The van der Waals surface area contributed by atoms with Crippen molar-refractivity contribution in [2.45, 2.75) is 32.6 Å². The van der Waals surface area contributed by atoms with Crippen molar-refractivity contribution >= 4 is 17.7 Å². The van der Waals surface area contributed by atoms with E-state index in [2.05, 4.69) is 10.2 Å². The zero-order chi connectivity index (χ0) is 21.1. The van der Waals surface area contributed by atoms with E-state index >= 15 is 0 Å². The Morgan fingerprint density at radius 1 is 1.03 bits per heavy atom. The topological polar surface area (TPSA) is 80.3 Å². The SMILES string of the molecule is CCOC(=O)CCCCCNC(=O)N1CCN(c2ccc(OC)cc2OC)CC1. The van der Waals surface area contributed by atoms with Gasteiger partial charge in [0.05, 0.1) is 26.5 Å². The Morgan fingerprint density at radius 2 is 1.79 bits per heavy atom. The first-order valence-corrected chi connectivity index (χ1v) is 10.2. The molecule has 8 nitrogen and oxygen atoms in total. The van der Waals surface area contributed by atoms with Crippen LogP contribution in [0.2, 0.25) is 0 Å². The molecular formula is C21H33N3O5. The number of piperazine rings is 1. The summed E-state index contributed by atoms with van der Waals surface area (Å²) >= 11 is 0. The van der Waals surface area contributed by atoms with Gasteiger partial charge in [0.1, 0.15) is 11.5 Å². The van der Waals surface area contributed by atoms with E-state index in [1.54, 1.807) is 21.1 Å². The maximum atomic E-state index is 12.4. The minimum Gasteiger partial charge on any atom is -0.497 e. The second-order valence-electron chi connectivity index (χ2n) is 6.86. The smallest absolute Gasteiger partial charge is 0.317 e. The van der Waals surface area contributed by atoms with E-state index in [9.17, 15) is 9.59 Å². The highest BCUT2D eigenvalue weighted by atomic mass is 16.5. The van der Waals surface area contributed by atoms with Gasteiger partial charge in [-0.25, -0.2) is 4.79 Å². The molecule has 1 aromatic carbocycles. The number of unbranched alkanes of at least 4 members (excludes halogenated alkanes) is 2. The Morgan fingerprint density at radius 3 is 2.45 bits per heavy atom. The highest BCUT2D eigenvalue weighted by molar-refractivity contribution is 5.74. The minimum atomic E-state index is -0.150. The summed E-state index contributed by atoms with van der Waals surface area (Å²) in [4.78, 5) is 27.7. The summed E-state index contributed by atoms with van der Waals surface area (Å²) in [5.41, 5.74) is 1.01. The molecule has 1 N–H and O–H groups in total. The molecule has 2 amide bonds. The maximum Gasteiger partial charge on any atom is 0.317 e. The highest BCUT2D eigenvalue weighted by Crippen LogP contribution is 2.32. The summed E-state index contributed by atoms with van der Waals surface area (Å²) in [5.74, 6) is 1.37. The summed E-state index contributed by atoms with van der Waals surface area (Å²) in [5, 5.41) is 2.97. The zero-order valence-corrected chi connectivity index (χ0v) is 17.7. The molecule has 2 rings (SSSR count). The van der Waals surface area contributed by atoms with E-state index in [4.69, 9.17) is 14.2 Å². The Bertz CT molecular complexity index is 660. The van der Waals surface area contributed by atoms with Crippen molar-refractivity contribution in [2.24, 2.45) is 0 Å². The van der Waals surface area contributed by atoms with Crippen LogP contribution in [0.4, 0.5) is 10.5 Å². The van der Waals surface area contributed by atoms with Crippen LogP contribution in [0.3, 0.4) is 0 Å². The van der Waals surface area contributed by atoms with Gasteiger partial charge < -0.3 is 29.3 Å². The van der Waals surface area contributed by atoms with E-state index in [1.807, 2.05) is 23.1 Å². The summed E-state index contributed by atoms with van der Waals surface area (Å²) in [6.07, 6.45) is 2.98. The Balaban J connectivity index is 1.68. The predicted octanol–water partition coefficient (Wildman–Crippen LogP) is 2.66. The fourth-order valence-electron chi connectivity index (χ4n) is 3.31. The second kappa shape index (κ2) is 12.0. The zero-order valence-electron chi connectivity index (χ0n) is 17.7. The fourth-order valence-corrected chi connectivity index (χ4v) is 3.31. The fraction of sp³-hybridized carbons (Fsp3) is 0.619. The molecule has 0 bridgehead atoms. The van der Waals surface area contributed by atoms with Crippen molar-refractivity contribution in [1.29, 1.82) is 0 Å². The molecule has 0 radical (unpaired) electrons. The largest absolute Gasteiger partial charge is 0.497 e. The highest BCUT2D eigenvalue weighted by Gasteiger charge is 2.23. The number of amides is 2. The van der Waals surface area contributed by atoms with Gasteiger partial charge in [0.2, 0.25) is 0 Å². The van der Waals surface area contributed by atoms with Gasteiger partial charge >= 0.3 is 12.0 Å². The number of urea groups is 1. The number of nitrogens with zero attached hydrogens (tertiary/aromatic N) is 2. The van der Waals surface area contributed by atoms with Gasteiger partial charge in [-0.15, -0.1) is 0 Å². The number of hydrogen-bond donors (Lipinski definition) is 1. The van der Waals surface area contributed by atoms with E-state index in [-0.39, 0.29) is 12.0 Å². The lowest BCUT2D eigenvalue weighted by Gasteiger charge is -2.36. The molecular weight excluding hydrogens is 374 g/mol. The number of nitrogens with one attached hydrogen (secondary N) is 1. The van der Waals surface area contributed by atoms with Crippen LogP contribution in [-0.4, -0.2) is 70.5 Å². The first-order valence-electron chi connectivity index (χ1n) is 10.2. The molecule has 1 saturated heterocycles. The Labute approximate surface area is 173 Å². The van der Waals surface area contributed by atoms with Gasteiger partial charge in [-0.05, 0) is 31.9 Å². The van der Waals surface area contributed by atoms with Crippen LogP contribution in [-0.2, 0) is 9.53 Å². The summed E-state index contributed by atoms with van der Waals surface area (Å²) in [6.45, 7) is 5.65. The molecule has 1 heterocycles. The van der Waals surface area contributed by atoms with Gasteiger partial charge in [0.15, 0.2) is 0 Å². The van der Waals surface area contributed by atoms with Crippen LogP contribution in [0.1, 0.15) is 32.6 Å². The number of benzene rings is 1. The molecule has 1 fully saturated rings. The summed E-state index contributed by atoms with van der Waals surface area (Å²) in [6, 6.07) is 5.75. The molecule has 0 unspecified atom stereocenters. The van der Waals surface area contributed by atoms with Crippen LogP contribution in [0, 0.1) is 0 Å². The number of rotatable bonds is 10. The Kier molecular flexibility index (Phi) is 9.40. The van der Waals surface area contributed by atoms with Crippen molar-refractivity contribution in [3.05, 3.63) is 18.2 Å². The van der Waals surface area contributed by atoms with Crippen LogP contribution in [0.15, 0.2) is 18.2 Å². The molecule has 8 heteroatoms. The van der Waals surface area contributed by atoms with Gasteiger partial charge in [-0.2, -0.15) is 0 Å². The maximum absolute atomic E-state index is 12.4. The molecule has 162 valence electrons. The normalized spacial score (nSPS) is 13.8. The summed E-state index contributed by atoms with van der Waals surface area (Å²) in [7, 11) is 3.28. The molecule has 1 aliphatic rings. The number of anilines is 1. The first-order chi connectivity index (χ1) is 14.1. The summed E-state index contributed by atoms with van der Waals surface area (Å²) < 4.78 is 15.6. The van der Waals surface area contributed by atoms with Crippen LogP contribution < -0.4 is 19.7 Å². The van der Waals surface area contributed by atoms with Gasteiger partial charge in [0.25, 0.3) is 0 Å². The van der Waals surface area contributed by atoms with E-state index in [0.717, 1.165) is 49.5 Å². The number of carbonyl (C=O) groups excluding carboxylic acids is 2. The lowest BCUT2D eigenvalue weighted by Crippen LogP contribution is -2.52. The van der Waals surface area contributed by atoms with E-state index < -0.39 is 0 Å². The number of carbonyl (C=O) groups is 2. The quantitative estimate of drug-likeness (QED) is 0.474. The number of esters is 1. The van der Waals surface area contributed by atoms with Gasteiger partial charge in [-0.1, -0.05) is 6.42 Å². The molecule has 1 aliphatic heterocycles. The van der Waals surface area contributed by atoms with E-state index in [0.29, 0.717) is 32.7 Å². The first kappa shape index (κ1) is 22.6. The van der Waals surface area contributed by atoms with Crippen molar-refractivity contribution in [3.63, 3.8) is 0 Å². The van der Waals surface area contributed by atoms with Crippen molar-refractivity contribution in [3.8, 4) is 11.5 Å². The van der Waals surface area contributed by atoms with Crippen LogP contribution >= 0.6 is 0 Å². The van der Waals surface area contributed by atoms with Crippen molar-refractivity contribution < 1.29 is 23.8 Å². The standard InChI is InChI=1S/C21H33N3O5/c1-4-29-20(25)8-6-5-7-11-22-21(26)24-14-12-23(13-15-24)18-10-9-17(27-2)16-19(18)28-3/h9-10,16H,4-8,11-15H2,1-3H3,(H,22,26). The molecule has 1 aromatic rings. The minimum absolute atomic E-state index is 0.0308. The van der Waals surface area contributed by atoms with Crippen LogP contribution in [0.25, 0.3) is 0 Å². The van der Waals surface area contributed by atoms with Gasteiger partial charge in [0, 0.05) is 45.2 Å². The predicted molar refractivity (Wildman–Crippen MR) is 112 cm³/mol. The Hall–Kier alpha value is -2.64. The lowest BCUT2D eigenvalue weighted by molar-refractivity contribution is -0.143. The van der Waals surface area contributed by atoms with Crippen molar-refractivity contribution in [2.75, 3.05) is 58.5 Å². The molecule has 0 spiro atoms. The number of hydrogen-bond acceptors (Lipinski definition) is 6. The van der Waals surface area contributed by atoms with Gasteiger partial charge in [-0.3, -0.25) is 4.79 Å². The average Bonchev–Trinajstić information content (AvgIpc) is 2.75. The average molecular weight is 408 g/mol. The second-order valence-corrected chi connectivity index (χ2v) is 6.86. The molecule has 0 saturated carbocycles. The lowest BCUT2D eigenvalue weighted by atomic mass is 10.2. The third-order valence-corrected chi connectivity index (χ3v) is 4.93. The monoisotopic (exact) mass is 407 g/mol. The molecule has 0 atom stereocenters. The van der Waals surface area contributed by atoms with Crippen LogP contribution in [0.5, 0.6) is 11.5 Å². The number of methoxy groups -OCH3 is 2. The molecule has 0 aromatic heterocycles. The van der Waals surface area contributed by atoms with E-state index in [1.165, 1.54) is 0 Å². The molecule has 0 aliphatic carbocycles. The third kappa shape index (κ3) is 7.03. The molecule has 29 heavy (non-hydrogen) atoms.